The average Bonchev–Trinajstić information content (AvgIpc) is 2.88. The van der Waals surface area contributed by atoms with Gasteiger partial charge in [-0.05, 0) is 6.42 Å². The quantitative estimate of drug-likeness (QED) is 0.630. The summed E-state index contributed by atoms with van der Waals surface area (Å²) in [5.41, 5.74) is 0. The van der Waals surface area contributed by atoms with Gasteiger partial charge in [0.1, 0.15) is 0 Å². The van der Waals surface area contributed by atoms with Crippen LogP contribution >= 0.6 is 0 Å². The van der Waals surface area contributed by atoms with Crippen LogP contribution in [0.2, 0.25) is 0 Å². The van der Waals surface area contributed by atoms with Crippen LogP contribution in [0.1, 0.15) is 58.8 Å². The van der Waals surface area contributed by atoms with Crippen LogP contribution in [0.25, 0.3) is 0 Å². The molecule has 0 amide bonds. The maximum absolute atomic E-state index is 5.87. The fraction of sp³-hybridized carbons (Fsp3) is 1.00. The van der Waals surface area contributed by atoms with Crippen LogP contribution in [0, 0.1) is 11.8 Å². The molecule has 2 fully saturated rings. The second-order valence-corrected chi connectivity index (χ2v) is 5.89. The molecule has 2 heterocycles. The van der Waals surface area contributed by atoms with E-state index in [0.717, 1.165) is 13.2 Å². The summed E-state index contributed by atoms with van der Waals surface area (Å²) in [5, 5.41) is 0. The predicted molar refractivity (Wildman–Crippen MR) is 70.1 cm³/mol. The Morgan fingerprint density at radius 1 is 0.882 bits per heavy atom. The summed E-state index contributed by atoms with van der Waals surface area (Å²) in [5.74, 6) is 1.28. The summed E-state index contributed by atoms with van der Waals surface area (Å²) >= 11 is 0. The summed E-state index contributed by atoms with van der Waals surface area (Å²) in [6, 6.07) is 0. The molecule has 0 aromatic rings. The van der Waals surface area contributed by atoms with Crippen LogP contribution in [-0.2, 0) is 9.47 Å². The third-order valence-corrected chi connectivity index (χ3v) is 4.33. The smallest absolute Gasteiger partial charge is 0.0890 e. The largest absolute Gasteiger partial charge is 0.375 e. The molecule has 0 aromatic heterocycles. The van der Waals surface area contributed by atoms with Gasteiger partial charge >= 0.3 is 0 Å². The van der Waals surface area contributed by atoms with Gasteiger partial charge < -0.3 is 9.47 Å². The van der Waals surface area contributed by atoms with Crippen LogP contribution in [0.15, 0.2) is 0 Å². The number of unbranched alkanes of at least 4 members (excludes halogenated alkanes) is 5. The van der Waals surface area contributed by atoms with Crippen molar-refractivity contribution in [2.24, 2.45) is 11.8 Å². The summed E-state index contributed by atoms with van der Waals surface area (Å²) < 4.78 is 11.7. The molecule has 0 saturated carbocycles. The molecule has 17 heavy (non-hydrogen) atoms. The molecule has 0 aromatic carbocycles. The lowest BCUT2D eigenvalue weighted by Crippen LogP contribution is -2.24. The highest BCUT2D eigenvalue weighted by atomic mass is 16.6. The normalized spacial score (nSPS) is 36.4. The second kappa shape index (κ2) is 6.75. The Bertz CT molecular complexity index is 217. The minimum atomic E-state index is 0.403. The number of rotatable bonds is 7. The summed E-state index contributed by atoms with van der Waals surface area (Å²) in [7, 11) is 0. The van der Waals surface area contributed by atoms with E-state index in [4.69, 9.17) is 9.47 Å². The van der Waals surface area contributed by atoms with Crippen LogP contribution in [-0.4, -0.2) is 25.4 Å². The van der Waals surface area contributed by atoms with Crippen LogP contribution in [0.3, 0.4) is 0 Å². The topological polar surface area (TPSA) is 18.5 Å². The zero-order chi connectivity index (χ0) is 12.1. The van der Waals surface area contributed by atoms with Crippen molar-refractivity contribution in [2.45, 2.75) is 71.0 Å². The fourth-order valence-electron chi connectivity index (χ4n) is 3.20. The van der Waals surface area contributed by atoms with Gasteiger partial charge in [0.15, 0.2) is 0 Å². The Kier molecular flexibility index (Phi) is 5.30. The molecular weight excluding hydrogens is 212 g/mol. The number of fused-ring (bicyclic) bond motifs is 1. The molecule has 0 radical (unpaired) electrons. The zero-order valence-electron chi connectivity index (χ0n) is 11.5. The molecular formula is C15H28O2. The van der Waals surface area contributed by atoms with E-state index in [9.17, 15) is 0 Å². The van der Waals surface area contributed by atoms with Crippen molar-refractivity contribution in [2.75, 3.05) is 13.2 Å². The number of hydrogen-bond donors (Lipinski definition) is 0. The van der Waals surface area contributed by atoms with Crippen molar-refractivity contribution in [3.05, 3.63) is 0 Å². The summed E-state index contributed by atoms with van der Waals surface area (Å²) in [6.45, 7) is 6.36. The molecule has 2 rings (SSSR count). The minimum Gasteiger partial charge on any atom is -0.375 e. The second-order valence-electron chi connectivity index (χ2n) is 5.89. The van der Waals surface area contributed by atoms with Crippen molar-refractivity contribution in [1.29, 1.82) is 0 Å². The molecule has 2 heteroatoms. The predicted octanol–water partition coefficient (Wildman–Crippen LogP) is 3.79. The first-order valence-electron chi connectivity index (χ1n) is 7.56. The van der Waals surface area contributed by atoms with Gasteiger partial charge in [0.2, 0.25) is 0 Å². The van der Waals surface area contributed by atoms with E-state index in [1.165, 1.54) is 44.9 Å². The van der Waals surface area contributed by atoms with E-state index >= 15 is 0 Å². The Morgan fingerprint density at radius 3 is 2.41 bits per heavy atom. The molecule has 0 aliphatic carbocycles. The standard InChI is InChI=1S/C15H28O2/c1-3-4-5-6-7-8-9-13-11-17-14-12(2)10-16-15(13)14/h12-15H,3-11H2,1-2H3. The van der Waals surface area contributed by atoms with Crippen LogP contribution < -0.4 is 0 Å². The number of ether oxygens (including phenoxy) is 2. The molecule has 4 atom stereocenters. The Balaban J connectivity index is 1.58. The molecule has 2 saturated heterocycles. The Labute approximate surface area is 106 Å². The van der Waals surface area contributed by atoms with Gasteiger partial charge in [-0.2, -0.15) is 0 Å². The Hall–Kier alpha value is -0.0800. The van der Waals surface area contributed by atoms with Gasteiger partial charge in [-0.15, -0.1) is 0 Å². The molecule has 2 aliphatic rings. The van der Waals surface area contributed by atoms with E-state index in [1.54, 1.807) is 0 Å². The average molecular weight is 240 g/mol. The van der Waals surface area contributed by atoms with Gasteiger partial charge in [-0.1, -0.05) is 52.4 Å². The van der Waals surface area contributed by atoms with Crippen LogP contribution in [0.4, 0.5) is 0 Å². The van der Waals surface area contributed by atoms with Crippen molar-refractivity contribution in [3.63, 3.8) is 0 Å². The third kappa shape index (κ3) is 3.45. The SMILES string of the molecule is CCCCCCCCC1COC2C(C)COC12. The zero-order valence-corrected chi connectivity index (χ0v) is 11.5. The summed E-state index contributed by atoms with van der Waals surface area (Å²) in [6.07, 6.45) is 10.4. The first-order valence-corrected chi connectivity index (χ1v) is 7.56. The fourth-order valence-corrected chi connectivity index (χ4v) is 3.20. The van der Waals surface area contributed by atoms with E-state index < -0.39 is 0 Å². The van der Waals surface area contributed by atoms with E-state index in [2.05, 4.69) is 13.8 Å². The molecule has 0 spiro atoms. The van der Waals surface area contributed by atoms with E-state index in [0.29, 0.717) is 24.0 Å². The highest BCUT2D eigenvalue weighted by Gasteiger charge is 2.45. The van der Waals surface area contributed by atoms with Crippen LogP contribution in [0.5, 0.6) is 0 Å². The van der Waals surface area contributed by atoms with E-state index in [-0.39, 0.29) is 0 Å². The first-order chi connectivity index (χ1) is 8.33. The molecule has 4 unspecified atom stereocenters. The maximum atomic E-state index is 5.87. The van der Waals surface area contributed by atoms with Gasteiger partial charge in [0.25, 0.3) is 0 Å². The molecule has 2 nitrogen and oxygen atoms in total. The van der Waals surface area contributed by atoms with Gasteiger partial charge in [-0.25, -0.2) is 0 Å². The van der Waals surface area contributed by atoms with Crippen molar-refractivity contribution < 1.29 is 9.47 Å². The maximum Gasteiger partial charge on any atom is 0.0890 e. The minimum absolute atomic E-state index is 0.403. The molecule has 100 valence electrons. The van der Waals surface area contributed by atoms with Crippen molar-refractivity contribution in [1.82, 2.24) is 0 Å². The lowest BCUT2D eigenvalue weighted by Gasteiger charge is -2.15. The first kappa shape index (κ1) is 13.4. The molecule has 0 bridgehead atoms. The molecule has 0 N–H and O–H groups in total. The lowest BCUT2D eigenvalue weighted by atomic mass is 9.93. The van der Waals surface area contributed by atoms with Gasteiger partial charge in [-0.3, -0.25) is 0 Å². The van der Waals surface area contributed by atoms with E-state index in [1.807, 2.05) is 0 Å². The van der Waals surface area contributed by atoms with Crippen molar-refractivity contribution >= 4 is 0 Å². The lowest BCUT2D eigenvalue weighted by molar-refractivity contribution is 0.0603. The van der Waals surface area contributed by atoms with Gasteiger partial charge in [0, 0.05) is 11.8 Å². The number of hydrogen-bond acceptors (Lipinski definition) is 2. The summed E-state index contributed by atoms with van der Waals surface area (Å²) in [4.78, 5) is 0. The highest BCUT2D eigenvalue weighted by molar-refractivity contribution is 4.92. The highest BCUT2D eigenvalue weighted by Crippen LogP contribution is 2.36. The third-order valence-electron chi connectivity index (χ3n) is 4.33. The Morgan fingerprint density at radius 2 is 1.59 bits per heavy atom. The molecule has 2 aliphatic heterocycles. The van der Waals surface area contributed by atoms with Gasteiger partial charge in [0.05, 0.1) is 25.4 Å². The van der Waals surface area contributed by atoms with Crippen molar-refractivity contribution in [3.8, 4) is 0 Å². The monoisotopic (exact) mass is 240 g/mol.